The van der Waals surface area contributed by atoms with Crippen LogP contribution in [-0.4, -0.2) is 53.5 Å². The molecule has 2 saturated heterocycles. The first-order valence-corrected chi connectivity index (χ1v) is 8.78. The van der Waals surface area contributed by atoms with Gasteiger partial charge in [0, 0.05) is 31.3 Å². The quantitative estimate of drug-likeness (QED) is 0.836. The lowest BCUT2D eigenvalue weighted by Gasteiger charge is -2.27. The van der Waals surface area contributed by atoms with Gasteiger partial charge in [0.1, 0.15) is 11.7 Å². The molecule has 1 atom stereocenters. The molecule has 2 aliphatic rings. The fourth-order valence-corrected chi connectivity index (χ4v) is 3.50. The van der Waals surface area contributed by atoms with Crippen LogP contribution in [0.5, 0.6) is 0 Å². The van der Waals surface area contributed by atoms with Gasteiger partial charge in [-0.2, -0.15) is 5.10 Å². The zero-order chi connectivity index (χ0) is 16.5. The number of carbonyl (C=O) groups excluding carboxylic acids is 1. The summed E-state index contributed by atoms with van der Waals surface area (Å²) in [5.74, 6) is 0.00378. The first kappa shape index (κ1) is 15.9. The summed E-state index contributed by atoms with van der Waals surface area (Å²) >= 11 is 6.31. The van der Waals surface area contributed by atoms with Crippen LogP contribution in [0, 0.1) is 0 Å². The fourth-order valence-electron chi connectivity index (χ4n) is 3.29. The van der Waals surface area contributed by atoms with E-state index in [0.717, 1.165) is 31.3 Å². The van der Waals surface area contributed by atoms with Crippen LogP contribution in [0.2, 0.25) is 5.02 Å². The van der Waals surface area contributed by atoms with Crippen LogP contribution in [0.4, 0.5) is 0 Å². The number of hydrogen-bond acceptors (Lipinski definition) is 4. The van der Waals surface area contributed by atoms with Gasteiger partial charge in [-0.05, 0) is 31.4 Å². The highest BCUT2D eigenvalue weighted by molar-refractivity contribution is 6.35. The van der Waals surface area contributed by atoms with Crippen LogP contribution < -0.4 is 0 Å². The molecule has 0 saturated carbocycles. The smallest absolute Gasteiger partial charge is 0.254 e. The summed E-state index contributed by atoms with van der Waals surface area (Å²) in [5, 5.41) is 5.93. The Morgan fingerprint density at radius 1 is 1.21 bits per heavy atom. The average molecular weight is 350 g/mol. The maximum atomic E-state index is 12.9. The zero-order valence-electron chi connectivity index (χ0n) is 13.4. The van der Waals surface area contributed by atoms with Gasteiger partial charge in [0.15, 0.2) is 0 Å². The van der Waals surface area contributed by atoms with E-state index in [4.69, 9.17) is 21.1 Å². The van der Waals surface area contributed by atoms with E-state index in [1.807, 2.05) is 15.8 Å². The first-order chi connectivity index (χ1) is 11.7. The minimum atomic E-state index is -0.0754. The summed E-state index contributed by atoms with van der Waals surface area (Å²) < 4.78 is 12.9. The highest BCUT2D eigenvalue weighted by Crippen LogP contribution is 2.30. The molecule has 0 radical (unpaired) electrons. The van der Waals surface area contributed by atoms with E-state index in [1.54, 1.807) is 12.1 Å². The number of aromatic nitrogens is 2. The summed E-state index contributed by atoms with van der Waals surface area (Å²) in [7, 11) is 0. The molecule has 128 valence electrons. The monoisotopic (exact) mass is 349 g/mol. The van der Waals surface area contributed by atoms with Crippen LogP contribution in [0.3, 0.4) is 0 Å². The van der Waals surface area contributed by atoms with Crippen molar-refractivity contribution in [1.29, 1.82) is 0 Å². The molecule has 0 spiro atoms. The fraction of sp³-hybridized carbons (Fsp3) is 0.529. The predicted octanol–water partition coefficient (Wildman–Crippen LogP) is 2.86. The molecule has 3 heterocycles. The van der Waals surface area contributed by atoms with E-state index in [2.05, 4.69) is 5.10 Å². The second-order valence-corrected chi connectivity index (χ2v) is 6.60. The van der Waals surface area contributed by atoms with E-state index < -0.39 is 0 Å². The molecule has 1 amide bonds. The number of ether oxygens (including phenoxy) is 2. The van der Waals surface area contributed by atoms with Gasteiger partial charge in [-0.15, -0.1) is 0 Å². The molecular formula is C17H20ClN3O3. The van der Waals surface area contributed by atoms with Crippen molar-refractivity contribution in [3.63, 3.8) is 0 Å². The van der Waals surface area contributed by atoms with Gasteiger partial charge in [0.2, 0.25) is 0 Å². The van der Waals surface area contributed by atoms with Gasteiger partial charge in [0.25, 0.3) is 5.91 Å². The molecule has 4 rings (SSSR count). The molecule has 2 aromatic rings. The second kappa shape index (κ2) is 6.70. The Morgan fingerprint density at radius 3 is 2.79 bits per heavy atom. The minimum absolute atomic E-state index is 0.00378. The third kappa shape index (κ3) is 2.90. The molecule has 0 aliphatic carbocycles. The highest BCUT2D eigenvalue weighted by atomic mass is 35.5. The summed E-state index contributed by atoms with van der Waals surface area (Å²) in [4.78, 5) is 14.7. The van der Waals surface area contributed by atoms with Crippen LogP contribution in [0.15, 0.2) is 18.3 Å². The maximum absolute atomic E-state index is 12.9. The zero-order valence-corrected chi connectivity index (χ0v) is 14.2. The van der Waals surface area contributed by atoms with Crippen molar-refractivity contribution < 1.29 is 14.3 Å². The number of fused-ring (bicyclic) bond motifs is 1. The summed E-state index contributed by atoms with van der Waals surface area (Å²) in [6.45, 7) is 3.13. The number of amides is 1. The average Bonchev–Trinajstić information content (AvgIpc) is 3.09. The number of nitrogens with zero attached hydrogens (tertiary/aromatic N) is 3. The molecular weight excluding hydrogens is 330 g/mol. The van der Waals surface area contributed by atoms with E-state index in [0.29, 0.717) is 42.4 Å². The molecule has 1 aromatic carbocycles. The van der Waals surface area contributed by atoms with Crippen LogP contribution in [-0.2, 0) is 9.47 Å². The molecule has 6 nitrogen and oxygen atoms in total. The van der Waals surface area contributed by atoms with E-state index in [-0.39, 0.29) is 12.1 Å². The Labute approximate surface area is 145 Å². The lowest BCUT2D eigenvalue weighted by Crippen LogP contribution is -2.40. The number of carbonyl (C=O) groups is 1. The van der Waals surface area contributed by atoms with Gasteiger partial charge in [-0.3, -0.25) is 4.79 Å². The van der Waals surface area contributed by atoms with E-state index in [1.165, 1.54) is 0 Å². The molecule has 1 aromatic heterocycles. The third-order valence-electron chi connectivity index (χ3n) is 4.62. The van der Waals surface area contributed by atoms with Crippen molar-refractivity contribution in [2.24, 2.45) is 0 Å². The lowest BCUT2D eigenvalue weighted by molar-refractivity contribution is -0.0390. The van der Waals surface area contributed by atoms with Crippen LogP contribution >= 0.6 is 11.6 Å². The highest BCUT2D eigenvalue weighted by Gasteiger charge is 2.24. The standard InChI is InChI=1S/C17H20ClN3O3/c18-14-5-4-12(17(22)20-6-9-23-10-7-20)13-11-21(19-16(13)14)15-3-1-2-8-24-15/h4-5,11,15H,1-3,6-10H2. The van der Waals surface area contributed by atoms with Crippen molar-refractivity contribution >= 4 is 28.4 Å². The summed E-state index contributed by atoms with van der Waals surface area (Å²) in [6, 6.07) is 3.53. The molecule has 0 N–H and O–H groups in total. The molecule has 24 heavy (non-hydrogen) atoms. The van der Waals surface area contributed by atoms with E-state index in [9.17, 15) is 4.79 Å². The Kier molecular flexibility index (Phi) is 4.43. The Morgan fingerprint density at radius 2 is 2.04 bits per heavy atom. The van der Waals surface area contributed by atoms with Gasteiger partial charge < -0.3 is 14.4 Å². The van der Waals surface area contributed by atoms with Gasteiger partial charge >= 0.3 is 0 Å². The maximum Gasteiger partial charge on any atom is 0.254 e. The number of halogens is 1. The van der Waals surface area contributed by atoms with Crippen molar-refractivity contribution in [2.75, 3.05) is 32.9 Å². The number of rotatable bonds is 2. The molecule has 7 heteroatoms. The molecule has 2 fully saturated rings. The molecule has 0 bridgehead atoms. The normalized spacial score (nSPS) is 22.0. The van der Waals surface area contributed by atoms with Gasteiger partial charge in [-0.1, -0.05) is 11.6 Å². The number of hydrogen-bond donors (Lipinski definition) is 0. The predicted molar refractivity (Wildman–Crippen MR) is 90.3 cm³/mol. The number of benzene rings is 1. The summed E-state index contributed by atoms with van der Waals surface area (Å²) in [6.07, 6.45) is 4.95. The van der Waals surface area contributed by atoms with Crippen LogP contribution in [0.1, 0.15) is 35.8 Å². The second-order valence-electron chi connectivity index (χ2n) is 6.19. The molecule has 1 unspecified atom stereocenters. The minimum Gasteiger partial charge on any atom is -0.378 e. The Hall–Kier alpha value is -1.63. The summed E-state index contributed by atoms with van der Waals surface area (Å²) in [5.41, 5.74) is 1.29. The Bertz CT molecular complexity index is 749. The first-order valence-electron chi connectivity index (χ1n) is 8.40. The third-order valence-corrected chi connectivity index (χ3v) is 4.93. The largest absolute Gasteiger partial charge is 0.378 e. The van der Waals surface area contributed by atoms with Crippen molar-refractivity contribution in [1.82, 2.24) is 14.7 Å². The van der Waals surface area contributed by atoms with Gasteiger partial charge in [-0.25, -0.2) is 4.68 Å². The van der Waals surface area contributed by atoms with E-state index >= 15 is 0 Å². The SMILES string of the molecule is O=C(c1ccc(Cl)c2nn(C3CCCCO3)cc12)N1CCOCC1. The van der Waals surface area contributed by atoms with Gasteiger partial charge in [0.05, 0.1) is 23.8 Å². The van der Waals surface area contributed by atoms with Crippen LogP contribution in [0.25, 0.3) is 10.9 Å². The number of morpholine rings is 1. The topological polar surface area (TPSA) is 56.6 Å². The van der Waals surface area contributed by atoms with Crippen molar-refractivity contribution in [3.05, 3.63) is 28.9 Å². The Balaban J connectivity index is 1.71. The van der Waals surface area contributed by atoms with Crippen molar-refractivity contribution in [2.45, 2.75) is 25.5 Å². The lowest BCUT2D eigenvalue weighted by atomic mass is 10.1. The van der Waals surface area contributed by atoms with Crippen molar-refractivity contribution in [3.8, 4) is 0 Å². The molecule has 2 aliphatic heterocycles.